The van der Waals surface area contributed by atoms with E-state index in [9.17, 15) is 4.79 Å². The highest BCUT2D eigenvalue weighted by molar-refractivity contribution is 5.83. The van der Waals surface area contributed by atoms with Gasteiger partial charge in [0.2, 0.25) is 5.91 Å². The van der Waals surface area contributed by atoms with Crippen molar-refractivity contribution in [2.24, 2.45) is 5.10 Å². The zero-order valence-corrected chi connectivity index (χ0v) is 8.71. The average molecular weight is 214 g/mol. The molecule has 0 spiro atoms. The zero-order chi connectivity index (χ0) is 11.4. The second-order valence-corrected chi connectivity index (χ2v) is 3.21. The van der Waals surface area contributed by atoms with Crippen molar-refractivity contribution in [1.82, 2.24) is 15.4 Å². The van der Waals surface area contributed by atoms with Crippen LogP contribution in [0.5, 0.6) is 0 Å². The van der Waals surface area contributed by atoms with E-state index in [2.05, 4.69) is 20.5 Å². The fourth-order valence-corrected chi connectivity index (χ4v) is 1.22. The number of rotatable bonds is 2. The summed E-state index contributed by atoms with van der Waals surface area (Å²) in [4.78, 5) is 19.1. The monoisotopic (exact) mass is 214 g/mol. The second kappa shape index (κ2) is 4.48. The normalized spacial score (nSPS) is 10.8. The predicted octanol–water partition coefficient (Wildman–Crippen LogP) is 1.10. The third kappa shape index (κ3) is 2.38. The number of nitrogens with one attached hydrogen (secondary N) is 1. The van der Waals surface area contributed by atoms with Crippen molar-refractivity contribution in [3.05, 3.63) is 36.2 Å². The Balaban J connectivity index is 2.26. The lowest BCUT2D eigenvalue weighted by Gasteiger charge is -1.97. The van der Waals surface area contributed by atoms with Crippen molar-refractivity contribution in [2.75, 3.05) is 0 Å². The Hall–Kier alpha value is -2.30. The molecule has 1 heterocycles. The second-order valence-electron chi connectivity index (χ2n) is 3.21. The van der Waals surface area contributed by atoms with Crippen LogP contribution in [0.25, 0.3) is 11.0 Å². The molecular formula is C11H10N4O. The van der Waals surface area contributed by atoms with Crippen molar-refractivity contribution in [3.63, 3.8) is 0 Å². The Labute approximate surface area is 92.2 Å². The highest BCUT2D eigenvalue weighted by atomic mass is 16.2. The lowest BCUT2D eigenvalue weighted by molar-refractivity contribution is -0.118. The van der Waals surface area contributed by atoms with Gasteiger partial charge in [0.25, 0.3) is 0 Å². The first kappa shape index (κ1) is 10.2. The number of aromatic nitrogens is 2. The van der Waals surface area contributed by atoms with E-state index >= 15 is 0 Å². The molecule has 0 aliphatic carbocycles. The van der Waals surface area contributed by atoms with Crippen LogP contribution in [-0.4, -0.2) is 22.1 Å². The van der Waals surface area contributed by atoms with Gasteiger partial charge in [0, 0.05) is 6.92 Å². The molecule has 0 saturated heterocycles. The van der Waals surface area contributed by atoms with E-state index in [0.717, 1.165) is 11.0 Å². The van der Waals surface area contributed by atoms with Crippen molar-refractivity contribution in [3.8, 4) is 0 Å². The van der Waals surface area contributed by atoms with Crippen molar-refractivity contribution >= 4 is 23.2 Å². The summed E-state index contributed by atoms with van der Waals surface area (Å²) in [5, 5.41) is 3.72. The van der Waals surface area contributed by atoms with Gasteiger partial charge in [-0.15, -0.1) is 0 Å². The van der Waals surface area contributed by atoms with Crippen molar-refractivity contribution in [1.29, 1.82) is 0 Å². The van der Waals surface area contributed by atoms with E-state index in [1.54, 1.807) is 6.20 Å². The molecule has 16 heavy (non-hydrogen) atoms. The topological polar surface area (TPSA) is 67.2 Å². The quantitative estimate of drug-likeness (QED) is 0.601. The van der Waals surface area contributed by atoms with Gasteiger partial charge in [0.05, 0.1) is 23.4 Å². The predicted molar refractivity (Wildman–Crippen MR) is 60.9 cm³/mol. The summed E-state index contributed by atoms with van der Waals surface area (Å²) in [6, 6.07) is 7.56. The maximum Gasteiger partial charge on any atom is 0.236 e. The van der Waals surface area contributed by atoms with Crippen LogP contribution in [0.3, 0.4) is 0 Å². The molecular weight excluding hydrogens is 204 g/mol. The van der Waals surface area contributed by atoms with Gasteiger partial charge in [0.15, 0.2) is 0 Å². The molecule has 5 heteroatoms. The lowest BCUT2D eigenvalue weighted by Crippen LogP contribution is -2.12. The van der Waals surface area contributed by atoms with Gasteiger partial charge in [-0.25, -0.2) is 10.4 Å². The van der Waals surface area contributed by atoms with Crippen LogP contribution < -0.4 is 5.43 Å². The Morgan fingerprint density at radius 2 is 2.12 bits per heavy atom. The largest absolute Gasteiger partial charge is 0.274 e. The summed E-state index contributed by atoms with van der Waals surface area (Å²) in [5.74, 6) is -0.218. The zero-order valence-electron chi connectivity index (χ0n) is 8.71. The van der Waals surface area contributed by atoms with Gasteiger partial charge < -0.3 is 0 Å². The van der Waals surface area contributed by atoms with Crippen molar-refractivity contribution in [2.45, 2.75) is 6.92 Å². The SMILES string of the molecule is CC(=O)N/N=C/c1cnc2ccccc2n1. The molecule has 0 aliphatic heterocycles. The van der Waals surface area contributed by atoms with Gasteiger partial charge in [-0.1, -0.05) is 12.1 Å². The highest BCUT2D eigenvalue weighted by Crippen LogP contribution is 2.07. The number of benzene rings is 1. The van der Waals surface area contributed by atoms with Gasteiger partial charge in [0.1, 0.15) is 5.69 Å². The number of para-hydroxylation sites is 2. The minimum Gasteiger partial charge on any atom is -0.274 e. The van der Waals surface area contributed by atoms with Crippen molar-refractivity contribution < 1.29 is 4.79 Å². The molecule has 0 unspecified atom stereocenters. The minimum atomic E-state index is -0.218. The van der Waals surface area contributed by atoms with Crippen LogP contribution in [0.1, 0.15) is 12.6 Å². The number of amides is 1. The van der Waals surface area contributed by atoms with Crippen LogP contribution in [0.4, 0.5) is 0 Å². The molecule has 0 fully saturated rings. The molecule has 5 nitrogen and oxygen atoms in total. The average Bonchev–Trinajstić information content (AvgIpc) is 2.28. The molecule has 1 aromatic heterocycles. The number of fused-ring (bicyclic) bond motifs is 1. The first-order valence-electron chi connectivity index (χ1n) is 4.77. The van der Waals surface area contributed by atoms with Crippen LogP contribution in [0.2, 0.25) is 0 Å². The van der Waals surface area contributed by atoms with E-state index in [4.69, 9.17) is 0 Å². The Kier molecular flexibility index (Phi) is 2.86. The number of carbonyl (C=O) groups is 1. The van der Waals surface area contributed by atoms with Crippen LogP contribution in [-0.2, 0) is 4.79 Å². The third-order valence-corrected chi connectivity index (χ3v) is 1.89. The summed E-state index contributed by atoms with van der Waals surface area (Å²) in [6.45, 7) is 1.39. The first-order valence-corrected chi connectivity index (χ1v) is 4.77. The summed E-state index contributed by atoms with van der Waals surface area (Å²) in [5.41, 5.74) is 4.54. The maximum absolute atomic E-state index is 10.6. The Morgan fingerprint density at radius 3 is 2.88 bits per heavy atom. The van der Waals surface area contributed by atoms with E-state index < -0.39 is 0 Å². The van der Waals surface area contributed by atoms with Gasteiger partial charge in [-0.3, -0.25) is 9.78 Å². The van der Waals surface area contributed by atoms with E-state index in [0.29, 0.717) is 5.69 Å². The number of nitrogens with zero attached hydrogens (tertiary/aromatic N) is 3. The standard InChI is InChI=1S/C11H10N4O/c1-8(16)15-13-7-9-6-12-10-4-2-3-5-11(10)14-9/h2-7H,1H3,(H,15,16)/b13-7+. The minimum absolute atomic E-state index is 0.218. The number of carbonyl (C=O) groups excluding carboxylic acids is 1. The molecule has 2 aromatic rings. The third-order valence-electron chi connectivity index (χ3n) is 1.89. The molecule has 1 N–H and O–H groups in total. The van der Waals surface area contributed by atoms with E-state index in [1.807, 2.05) is 24.3 Å². The first-order chi connectivity index (χ1) is 7.75. The molecule has 0 bridgehead atoms. The van der Waals surface area contributed by atoms with E-state index in [1.165, 1.54) is 13.1 Å². The summed E-state index contributed by atoms with van der Waals surface area (Å²) >= 11 is 0. The van der Waals surface area contributed by atoms with Crippen LogP contribution in [0.15, 0.2) is 35.6 Å². The molecule has 0 atom stereocenters. The summed E-state index contributed by atoms with van der Waals surface area (Å²) < 4.78 is 0. The molecule has 2 rings (SSSR count). The molecule has 80 valence electrons. The summed E-state index contributed by atoms with van der Waals surface area (Å²) in [6.07, 6.45) is 3.06. The fraction of sp³-hybridized carbons (Fsp3) is 0.0909. The van der Waals surface area contributed by atoms with Crippen LogP contribution >= 0.6 is 0 Å². The fourth-order valence-electron chi connectivity index (χ4n) is 1.22. The van der Waals surface area contributed by atoms with Gasteiger partial charge in [-0.05, 0) is 12.1 Å². The highest BCUT2D eigenvalue weighted by Gasteiger charge is 1.96. The lowest BCUT2D eigenvalue weighted by atomic mass is 10.3. The summed E-state index contributed by atoms with van der Waals surface area (Å²) in [7, 11) is 0. The number of hydrogen-bond donors (Lipinski definition) is 1. The smallest absolute Gasteiger partial charge is 0.236 e. The maximum atomic E-state index is 10.6. The van der Waals surface area contributed by atoms with Crippen LogP contribution in [0, 0.1) is 0 Å². The van der Waals surface area contributed by atoms with E-state index in [-0.39, 0.29) is 5.91 Å². The molecule has 0 radical (unpaired) electrons. The van der Waals surface area contributed by atoms with Gasteiger partial charge >= 0.3 is 0 Å². The molecule has 1 aromatic carbocycles. The Bertz CT molecular complexity index is 550. The van der Waals surface area contributed by atoms with Gasteiger partial charge in [-0.2, -0.15) is 5.10 Å². The molecule has 0 saturated carbocycles. The Morgan fingerprint density at radius 1 is 1.38 bits per heavy atom. The molecule has 1 amide bonds. The molecule has 0 aliphatic rings. The number of hydrogen-bond acceptors (Lipinski definition) is 4. The number of hydrazone groups is 1.